The van der Waals surface area contributed by atoms with Gasteiger partial charge in [0.25, 0.3) is 0 Å². The fourth-order valence-corrected chi connectivity index (χ4v) is 3.67. The molecule has 1 aromatic rings. The molecule has 0 heterocycles. The lowest BCUT2D eigenvalue weighted by Gasteiger charge is -2.34. The highest BCUT2D eigenvalue weighted by Gasteiger charge is 2.26. The van der Waals surface area contributed by atoms with Gasteiger partial charge >= 0.3 is 0 Å². The molecule has 1 aliphatic carbocycles. The van der Waals surface area contributed by atoms with E-state index in [4.69, 9.17) is 11.6 Å². The molecule has 1 saturated carbocycles. The van der Waals surface area contributed by atoms with Crippen molar-refractivity contribution in [3.05, 3.63) is 34.3 Å². The fraction of sp³-hybridized carbons (Fsp3) is 0.684. The summed E-state index contributed by atoms with van der Waals surface area (Å²) >= 11 is 6.43. The molecule has 1 fully saturated rings. The molecule has 0 bridgehead atoms. The molecule has 1 N–H and O–H groups in total. The predicted octanol–water partition coefficient (Wildman–Crippen LogP) is 5.39. The Balaban J connectivity index is 2.01. The Kier molecular flexibility index (Phi) is 5.73. The summed E-state index contributed by atoms with van der Waals surface area (Å²) in [6, 6.07) is 6.51. The van der Waals surface area contributed by atoms with Gasteiger partial charge in [-0.1, -0.05) is 36.6 Å². The quantitative estimate of drug-likeness (QED) is 0.787. The Morgan fingerprint density at radius 2 is 1.81 bits per heavy atom. The van der Waals surface area contributed by atoms with Crippen LogP contribution >= 0.6 is 11.6 Å². The average molecular weight is 308 g/mol. The SMILES string of the molecule is Cc1ccc(CC2CCCCC2CNC(C)(C)C)c(Cl)c1. The predicted molar refractivity (Wildman–Crippen MR) is 93.1 cm³/mol. The van der Waals surface area contributed by atoms with Crippen LogP contribution in [-0.2, 0) is 6.42 Å². The van der Waals surface area contributed by atoms with Crippen LogP contribution in [0.5, 0.6) is 0 Å². The molecule has 2 unspecified atom stereocenters. The first-order valence-corrected chi connectivity index (χ1v) is 8.73. The van der Waals surface area contributed by atoms with Crippen LogP contribution in [0.15, 0.2) is 18.2 Å². The van der Waals surface area contributed by atoms with E-state index in [0.717, 1.165) is 29.8 Å². The highest BCUT2D eigenvalue weighted by Crippen LogP contribution is 2.34. The zero-order chi connectivity index (χ0) is 15.5. The molecule has 0 amide bonds. The summed E-state index contributed by atoms with van der Waals surface area (Å²) in [5, 5.41) is 4.65. The van der Waals surface area contributed by atoms with Gasteiger partial charge in [0.15, 0.2) is 0 Å². The van der Waals surface area contributed by atoms with E-state index in [1.807, 2.05) is 0 Å². The fourth-order valence-electron chi connectivity index (χ4n) is 3.36. The van der Waals surface area contributed by atoms with Crippen molar-refractivity contribution in [2.24, 2.45) is 11.8 Å². The van der Waals surface area contributed by atoms with Gasteiger partial charge in [0.1, 0.15) is 0 Å². The maximum atomic E-state index is 6.43. The molecule has 1 aliphatic rings. The van der Waals surface area contributed by atoms with Gasteiger partial charge in [0.2, 0.25) is 0 Å². The molecule has 118 valence electrons. The third kappa shape index (κ3) is 5.30. The second-order valence-electron chi connectivity index (χ2n) is 7.73. The van der Waals surface area contributed by atoms with Crippen LogP contribution in [0, 0.1) is 18.8 Å². The van der Waals surface area contributed by atoms with Crippen LogP contribution in [0.1, 0.15) is 57.6 Å². The Morgan fingerprint density at radius 3 is 2.43 bits per heavy atom. The molecular formula is C19H30ClN. The van der Waals surface area contributed by atoms with E-state index in [1.54, 1.807) is 0 Å². The van der Waals surface area contributed by atoms with Crippen molar-refractivity contribution in [1.82, 2.24) is 5.32 Å². The summed E-state index contributed by atoms with van der Waals surface area (Å²) in [5.41, 5.74) is 2.79. The van der Waals surface area contributed by atoms with Crippen LogP contribution in [0.4, 0.5) is 0 Å². The smallest absolute Gasteiger partial charge is 0.0440 e. The van der Waals surface area contributed by atoms with Crippen molar-refractivity contribution in [2.45, 2.75) is 65.3 Å². The largest absolute Gasteiger partial charge is 0.312 e. The Morgan fingerprint density at radius 1 is 1.14 bits per heavy atom. The zero-order valence-corrected chi connectivity index (χ0v) is 14.8. The minimum absolute atomic E-state index is 0.212. The van der Waals surface area contributed by atoms with Crippen LogP contribution in [0.3, 0.4) is 0 Å². The van der Waals surface area contributed by atoms with Gasteiger partial charge in [-0.25, -0.2) is 0 Å². The lowest BCUT2D eigenvalue weighted by atomic mass is 9.76. The van der Waals surface area contributed by atoms with Crippen molar-refractivity contribution < 1.29 is 0 Å². The Bertz CT molecular complexity index is 461. The normalized spacial score (nSPS) is 23.3. The van der Waals surface area contributed by atoms with Gasteiger partial charge in [-0.2, -0.15) is 0 Å². The van der Waals surface area contributed by atoms with E-state index < -0.39 is 0 Å². The van der Waals surface area contributed by atoms with Crippen molar-refractivity contribution in [2.75, 3.05) is 6.54 Å². The lowest BCUT2D eigenvalue weighted by Crippen LogP contribution is -2.41. The van der Waals surface area contributed by atoms with Gasteiger partial charge < -0.3 is 5.32 Å². The summed E-state index contributed by atoms with van der Waals surface area (Å²) in [4.78, 5) is 0. The minimum Gasteiger partial charge on any atom is -0.312 e. The standard InChI is InChI=1S/C19H30ClN/c1-14-9-10-16(18(20)11-14)12-15-7-5-6-8-17(15)13-21-19(2,3)4/h9-11,15,17,21H,5-8,12-13H2,1-4H3. The van der Waals surface area contributed by atoms with Crippen molar-refractivity contribution in [3.8, 4) is 0 Å². The lowest BCUT2D eigenvalue weighted by molar-refractivity contribution is 0.213. The number of benzene rings is 1. The van der Waals surface area contributed by atoms with Crippen LogP contribution in [-0.4, -0.2) is 12.1 Å². The molecule has 0 spiro atoms. The maximum absolute atomic E-state index is 6.43. The summed E-state index contributed by atoms with van der Waals surface area (Å²) in [6.45, 7) is 10.00. The monoisotopic (exact) mass is 307 g/mol. The van der Waals surface area contributed by atoms with Crippen LogP contribution in [0.2, 0.25) is 5.02 Å². The van der Waals surface area contributed by atoms with Gasteiger partial charge in [-0.3, -0.25) is 0 Å². The summed E-state index contributed by atoms with van der Waals surface area (Å²) in [7, 11) is 0. The van der Waals surface area contributed by atoms with E-state index in [2.05, 4.69) is 51.2 Å². The third-order valence-electron chi connectivity index (χ3n) is 4.65. The minimum atomic E-state index is 0.212. The van der Waals surface area contributed by atoms with Crippen molar-refractivity contribution >= 4 is 11.6 Å². The van der Waals surface area contributed by atoms with Crippen LogP contribution < -0.4 is 5.32 Å². The highest BCUT2D eigenvalue weighted by atomic mass is 35.5. The van der Waals surface area contributed by atoms with Crippen LogP contribution in [0.25, 0.3) is 0 Å². The average Bonchev–Trinajstić information content (AvgIpc) is 2.40. The van der Waals surface area contributed by atoms with Gasteiger partial charge in [0.05, 0.1) is 0 Å². The van der Waals surface area contributed by atoms with E-state index in [-0.39, 0.29) is 5.54 Å². The first-order chi connectivity index (χ1) is 9.85. The molecule has 2 rings (SSSR count). The number of rotatable bonds is 4. The van der Waals surface area contributed by atoms with Crippen molar-refractivity contribution in [3.63, 3.8) is 0 Å². The second-order valence-corrected chi connectivity index (χ2v) is 8.14. The molecule has 2 atom stereocenters. The van der Waals surface area contributed by atoms with E-state index in [1.165, 1.54) is 36.8 Å². The zero-order valence-electron chi connectivity index (χ0n) is 14.0. The molecule has 1 aromatic carbocycles. The molecule has 0 aromatic heterocycles. The number of hydrogen-bond donors (Lipinski definition) is 1. The summed E-state index contributed by atoms with van der Waals surface area (Å²) in [5.74, 6) is 1.56. The Hall–Kier alpha value is -0.530. The molecule has 0 saturated heterocycles. The Labute approximate surface area is 135 Å². The van der Waals surface area contributed by atoms with Gasteiger partial charge in [-0.05, 0) is 82.5 Å². The molecule has 21 heavy (non-hydrogen) atoms. The maximum Gasteiger partial charge on any atom is 0.0440 e. The number of hydrogen-bond acceptors (Lipinski definition) is 1. The topological polar surface area (TPSA) is 12.0 Å². The first kappa shape index (κ1) is 16.8. The third-order valence-corrected chi connectivity index (χ3v) is 5.00. The van der Waals surface area contributed by atoms with E-state index in [9.17, 15) is 0 Å². The number of nitrogens with one attached hydrogen (secondary N) is 1. The number of aryl methyl sites for hydroxylation is 1. The second kappa shape index (κ2) is 7.15. The van der Waals surface area contributed by atoms with Crippen molar-refractivity contribution in [1.29, 1.82) is 0 Å². The number of halogens is 1. The molecular weight excluding hydrogens is 278 g/mol. The molecule has 0 radical (unpaired) electrons. The highest BCUT2D eigenvalue weighted by molar-refractivity contribution is 6.31. The summed E-state index contributed by atoms with van der Waals surface area (Å²) in [6.07, 6.45) is 6.60. The van der Waals surface area contributed by atoms with E-state index in [0.29, 0.717) is 0 Å². The van der Waals surface area contributed by atoms with Gasteiger partial charge in [-0.15, -0.1) is 0 Å². The molecule has 0 aliphatic heterocycles. The van der Waals surface area contributed by atoms with E-state index >= 15 is 0 Å². The van der Waals surface area contributed by atoms with Gasteiger partial charge in [0, 0.05) is 10.6 Å². The molecule has 1 nitrogen and oxygen atoms in total. The summed E-state index contributed by atoms with van der Waals surface area (Å²) < 4.78 is 0. The first-order valence-electron chi connectivity index (χ1n) is 8.35. The molecule has 2 heteroatoms.